The lowest BCUT2D eigenvalue weighted by Gasteiger charge is -2.22. The van der Waals surface area contributed by atoms with Crippen LogP contribution in [0, 0.1) is 0 Å². The normalized spacial score (nSPS) is 10.2. The van der Waals surface area contributed by atoms with Crippen molar-refractivity contribution in [2.75, 3.05) is 26.3 Å². The molecule has 1 amide bonds. The van der Waals surface area contributed by atoms with E-state index in [1.807, 2.05) is 30.3 Å². The molecule has 0 saturated heterocycles. The van der Waals surface area contributed by atoms with Crippen LogP contribution in [0.15, 0.2) is 30.3 Å². The summed E-state index contributed by atoms with van der Waals surface area (Å²) in [5, 5.41) is 0. The van der Waals surface area contributed by atoms with Crippen LogP contribution in [0.2, 0.25) is 0 Å². The smallest absolute Gasteiger partial charge is 0.307 e. The molecule has 0 aliphatic heterocycles. The molecule has 1 rings (SSSR count). The zero-order chi connectivity index (χ0) is 17.6. The van der Waals surface area contributed by atoms with Crippen molar-refractivity contribution in [2.24, 2.45) is 0 Å². The fourth-order valence-corrected chi connectivity index (χ4v) is 2.26. The number of ether oxygens (including phenoxy) is 2. The van der Waals surface area contributed by atoms with Crippen LogP contribution in [0.3, 0.4) is 0 Å². The molecular weight excluding hydrogens is 306 g/mol. The Morgan fingerprint density at radius 1 is 1.00 bits per heavy atom. The molecule has 0 atom stereocenters. The number of carbonyl (C=O) groups excluding carboxylic acids is 2. The second-order valence-electron chi connectivity index (χ2n) is 5.55. The molecule has 0 bridgehead atoms. The van der Waals surface area contributed by atoms with Crippen molar-refractivity contribution < 1.29 is 19.1 Å². The maximum absolute atomic E-state index is 12.3. The van der Waals surface area contributed by atoms with E-state index in [9.17, 15) is 9.59 Å². The van der Waals surface area contributed by atoms with E-state index in [1.165, 1.54) is 0 Å². The van der Waals surface area contributed by atoms with Gasteiger partial charge in [0.25, 0.3) is 0 Å². The molecule has 0 aliphatic carbocycles. The maximum atomic E-state index is 12.3. The predicted octanol–water partition coefficient (Wildman–Crippen LogP) is 3.43. The van der Waals surface area contributed by atoms with E-state index < -0.39 is 0 Å². The summed E-state index contributed by atoms with van der Waals surface area (Å²) >= 11 is 0. The number of hydrogen-bond donors (Lipinski definition) is 0. The van der Waals surface area contributed by atoms with Crippen LogP contribution in [-0.4, -0.2) is 43.1 Å². The van der Waals surface area contributed by atoms with Crippen molar-refractivity contribution in [2.45, 2.75) is 46.0 Å². The lowest BCUT2D eigenvalue weighted by atomic mass is 10.2. The van der Waals surface area contributed by atoms with Crippen LogP contribution in [0.1, 0.15) is 46.0 Å². The van der Waals surface area contributed by atoms with Crippen LogP contribution < -0.4 is 4.74 Å². The summed E-state index contributed by atoms with van der Waals surface area (Å²) in [7, 11) is 0. The lowest BCUT2D eigenvalue weighted by Crippen LogP contribution is -2.34. The molecule has 5 heteroatoms. The van der Waals surface area contributed by atoms with Gasteiger partial charge in [0.05, 0.1) is 19.6 Å². The number of nitrogens with zero attached hydrogens (tertiary/aromatic N) is 1. The Bertz CT molecular complexity index is 476. The Morgan fingerprint density at radius 3 is 2.42 bits per heavy atom. The number of unbranched alkanes of at least 4 members (excludes halogenated alkanes) is 1. The fraction of sp³-hybridized carbons (Fsp3) is 0.579. The topological polar surface area (TPSA) is 55.8 Å². The van der Waals surface area contributed by atoms with Crippen LogP contribution in [0.25, 0.3) is 0 Å². The molecule has 0 fully saturated rings. The van der Waals surface area contributed by atoms with Crippen LogP contribution in [0.4, 0.5) is 0 Å². The van der Waals surface area contributed by atoms with Crippen LogP contribution in [-0.2, 0) is 14.3 Å². The highest BCUT2D eigenvalue weighted by Crippen LogP contribution is 2.09. The van der Waals surface area contributed by atoms with Gasteiger partial charge in [0.2, 0.25) is 5.91 Å². The van der Waals surface area contributed by atoms with E-state index in [0.717, 1.165) is 18.6 Å². The largest absolute Gasteiger partial charge is 0.494 e. The first-order valence-corrected chi connectivity index (χ1v) is 8.78. The molecule has 1 aromatic rings. The highest BCUT2D eigenvalue weighted by Gasteiger charge is 2.14. The molecule has 0 saturated carbocycles. The molecule has 1 aromatic carbocycles. The quantitative estimate of drug-likeness (QED) is 0.434. The Balaban J connectivity index is 2.32. The van der Waals surface area contributed by atoms with Gasteiger partial charge in [-0.2, -0.15) is 0 Å². The minimum Gasteiger partial charge on any atom is -0.494 e. The highest BCUT2D eigenvalue weighted by atomic mass is 16.5. The highest BCUT2D eigenvalue weighted by molar-refractivity contribution is 5.77. The fourth-order valence-electron chi connectivity index (χ4n) is 2.26. The summed E-state index contributed by atoms with van der Waals surface area (Å²) < 4.78 is 10.5. The molecule has 0 aromatic heterocycles. The van der Waals surface area contributed by atoms with Crippen molar-refractivity contribution in [1.29, 1.82) is 0 Å². The van der Waals surface area contributed by atoms with Crippen molar-refractivity contribution in [3.63, 3.8) is 0 Å². The average Bonchev–Trinajstić information content (AvgIpc) is 2.60. The van der Waals surface area contributed by atoms with Gasteiger partial charge in [-0.1, -0.05) is 31.5 Å². The number of esters is 1. The van der Waals surface area contributed by atoms with Gasteiger partial charge in [0.15, 0.2) is 0 Å². The van der Waals surface area contributed by atoms with Gasteiger partial charge in [-0.05, 0) is 31.9 Å². The molecule has 0 radical (unpaired) electrons. The number of amides is 1. The third-order valence-electron chi connectivity index (χ3n) is 3.57. The minimum atomic E-state index is -0.251. The van der Waals surface area contributed by atoms with Crippen molar-refractivity contribution in [3.8, 4) is 5.75 Å². The molecule has 0 unspecified atom stereocenters. The summed E-state index contributed by atoms with van der Waals surface area (Å²) in [4.78, 5) is 25.6. The number of benzene rings is 1. The predicted molar refractivity (Wildman–Crippen MR) is 93.9 cm³/mol. The summed E-state index contributed by atoms with van der Waals surface area (Å²) in [5.41, 5.74) is 0. The van der Waals surface area contributed by atoms with Crippen molar-refractivity contribution in [3.05, 3.63) is 30.3 Å². The van der Waals surface area contributed by atoms with E-state index in [4.69, 9.17) is 9.47 Å². The summed E-state index contributed by atoms with van der Waals surface area (Å²) in [5.74, 6) is 0.638. The summed E-state index contributed by atoms with van der Waals surface area (Å²) in [6.07, 6.45) is 3.30. The maximum Gasteiger partial charge on any atom is 0.307 e. The van der Waals surface area contributed by atoms with Crippen molar-refractivity contribution >= 4 is 11.9 Å². The Kier molecular flexibility index (Phi) is 10.3. The Morgan fingerprint density at radius 2 is 1.75 bits per heavy atom. The number of hydrogen-bond acceptors (Lipinski definition) is 4. The first-order valence-electron chi connectivity index (χ1n) is 8.78. The molecule has 0 spiro atoms. The summed E-state index contributed by atoms with van der Waals surface area (Å²) in [6.45, 7) is 5.87. The van der Waals surface area contributed by atoms with E-state index in [0.29, 0.717) is 39.1 Å². The SMILES string of the molecule is CCCCN(CCC(=O)OCC)C(=O)CCCOc1ccccc1. The van der Waals surface area contributed by atoms with Gasteiger partial charge >= 0.3 is 5.97 Å². The zero-order valence-corrected chi connectivity index (χ0v) is 14.8. The van der Waals surface area contributed by atoms with Crippen molar-refractivity contribution in [1.82, 2.24) is 4.90 Å². The van der Waals surface area contributed by atoms with Gasteiger partial charge in [-0.15, -0.1) is 0 Å². The van der Waals surface area contributed by atoms with Crippen LogP contribution in [0.5, 0.6) is 5.75 Å². The lowest BCUT2D eigenvalue weighted by molar-refractivity contribution is -0.144. The van der Waals surface area contributed by atoms with Gasteiger partial charge in [-0.25, -0.2) is 0 Å². The summed E-state index contributed by atoms with van der Waals surface area (Å²) in [6, 6.07) is 9.57. The van der Waals surface area contributed by atoms with Gasteiger partial charge in [0, 0.05) is 19.5 Å². The number of para-hydroxylation sites is 1. The third-order valence-corrected chi connectivity index (χ3v) is 3.57. The average molecular weight is 335 g/mol. The first kappa shape index (κ1) is 20.0. The third kappa shape index (κ3) is 8.56. The monoisotopic (exact) mass is 335 g/mol. The van der Waals surface area contributed by atoms with E-state index in [2.05, 4.69) is 6.92 Å². The van der Waals surface area contributed by atoms with E-state index >= 15 is 0 Å². The molecule has 134 valence electrons. The van der Waals surface area contributed by atoms with Crippen LogP contribution >= 0.6 is 0 Å². The molecular formula is C19H29NO4. The van der Waals surface area contributed by atoms with Gasteiger partial charge in [0.1, 0.15) is 5.75 Å². The molecule has 24 heavy (non-hydrogen) atoms. The second-order valence-corrected chi connectivity index (χ2v) is 5.55. The molecule has 0 aliphatic rings. The first-order chi connectivity index (χ1) is 11.7. The minimum absolute atomic E-state index is 0.0735. The molecule has 0 N–H and O–H groups in total. The number of carbonyl (C=O) groups is 2. The van der Waals surface area contributed by atoms with Gasteiger partial charge < -0.3 is 14.4 Å². The Labute approximate surface area is 144 Å². The van der Waals surface area contributed by atoms with E-state index in [1.54, 1.807) is 11.8 Å². The molecule has 5 nitrogen and oxygen atoms in total. The number of rotatable bonds is 12. The van der Waals surface area contributed by atoms with E-state index in [-0.39, 0.29) is 18.3 Å². The molecule has 0 heterocycles. The Hall–Kier alpha value is -2.04. The zero-order valence-electron chi connectivity index (χ0n) is 14.8. The standard InChI is InChI=1S/C19H29NO4/c1-3-5-14-20(15-13-19(22)23-4-2)18(21)12-9-16-24-17-10-7-6-8-11-17/h6-8,10-11H,3-5,9,12-16H2,1-2H3. The van der Waals surface area contributed by atoms with Gasteiger partial charge in [-0.3, -0.25) is 9.59 Å². The second kappa shape index (κ2) is 12.4.